The lowest BCUT2D eigenvalue weighted by molar-refractivity contribution is -0.118. The summed E-state index contributed by atoms with van der Waals surface area (Å²) in [6, 6.07) is 6.78. The zero-order chi connectivity index (χ0) is 16.2. The van der Waals surface area contributed by atoms with Gasteiger partial charge in [0.1, 0.15) is 17.3 Å². The quantitative estimate of drug-likeness (QED) is 0.868. The third kappa shape index (κ3) is 3.68. The molecule has 2 aromatic rings. The van der Waals surface area contributed by atoms with E-state index in [9.17, 15) is 9.18 Å². The summed E-state index contributed by atoms with van der Waals surface area (Å²) in [6.07, 6.45) is 0.592. The van der Waals surface area contributed by atoms with Gasteiger partial charge >= 0.3 is 0 Å². The van der Waals surface area contributed by atoms with Gasteiger partial charge < -0.3 is 20.5 Å². The van der Waals surface area contributed by atoms with Gasteiger partial charge in [-0.05, 0) is 12.1 Å². The van der Waals surface area contributed by atoms with Crippen molar-refractivity contribution in [3.63, 3.8) is 0 Å². The molecule has 6 nitrogen and oxygen atoms in total. The molecule has 1 saturated heterocycles. The molecule has 1 aromatic heterocycles. The molecule has 1 fully saturated rings. The summed E-state index contributed by atoms with van der Waals surface area (Å²) in [7, 11) is 0. The van der Waals surface area contributed by atoms with Gasteiger partial charge in [-0.1, -0.05) is 11.2 Å². The Labute approximate surface area is 133 Å². The molecule has 0 spiro atoms. The molecule has 23 heavy (non-hydrogen) atoms. The van der Waals surface area contributed by atoms with Crippen LogP contribution in [-0.4, -0.2) is 37.2 Å². The van der Waals surface area contributed by atoms with Crippen LogP contribution in [0, 0.1) is 5.82 Å². The van der Waals surface area contributed by atoms with Gasteiger partial charge in [0.25, 0.3) is 0 Å². The third-order valence-electron chi connectivity index (χ3n) is 3.88. The molecule has 0 atom stereocenters. The van der Waals surface area contributed by atoms with Crippen molar-refractivity contribution in [2.45, 2.75) is 12.8 Å². The fourth-order valence-electron chi connectivity index (χ4n) is 2.64. The topological polar surface area (TPSA) is 84.4 Å². The number of hydrogen-bond acceptors (Lipinski definition) is 5. The SMILES string of the molecule is NC(=O)CCc1cc(-c2ccc(N3CCNCC3)c(F)c2)no1. The van der Waals surface area contributed by atoms with Crippen LogP contribution in [-0.2, 0) is 11.2 Å². The van der Waals surface area contributed by atoms with Gasteiger partial charge in [0.15, 0.2) is 0 Å². The molecule has 122 valence electrons. The average molecular weight is 318 g/mol. The average Bonchev–Trinajstić information content (AvgIpc) is 3.02. The van der Waals surface area contributed by atoms with E-state index in [2.05, 4.69) is 10.5 Å². The first-order valence-corrected chi connectivity index (χ1v) is 7.63. The number of rotatable bonds is 5. The summed E-state index contributed by atoms with van der Waals surface area (Å²) in [4.78, 5) is 12.8. The Morgan fingerprint density at radius 3 is 2.83 bits per heavy atom. The number of halogens is 1. The zero-order valence-electron chi connectivity index (χ0n) is 12.7. The Balaban J connectivity index is 1.75. The lowest BCUT2D eigenvalue weighted by Crippen LogP contribution is -2.43. The highest BCUT2D eigenvalue weighted by Crippen LogP contribution is 2.27. The second kappa shape index (κ2) is 6.78. The van der Waals surface area contributed by atoms with Gasteiger partial charge in [0, 0.05) is 50.7 Å². The molecule has 0 unspecified atom stereocenters. The standard InChI is InChI=1S/C16H19FN4O2/c17-13-9-11(1-3-15(13)21-7-5-19-6-8-21)14-10-12(23-20-14)2-4-16(18)22/h1,3,9-10,19H,2,4-8H2,(H2,18,22). The maximum atomic E-state index is 14.4. The molecule has 1 amide bonds. The second-order valence-electron chi connectivity index (χ2n) is 5.55. The number of nitrogens with zero attached hydrogens (tertiary/aromatic N) is 2. The Kier molecular flexibility index (Phi) is 4.57. The summed E-state index contributed by atoms with van der Waals surface area (Å²) in [5.41, 5.74) is 6.91. The molecule has 0 bridgehead atoms. The summed E-state index contributed by atoms with van der Waals surface area (Å²) in [5, 5.41) is 7.17. The van der Waals surface area contributed by atoms with E-state index in [1.54, 1.807) is 12.1 Å². The fourth-order valence-corrected chi connectivity index (χ4v) is 2.64. The van der Waals surface area contributed by atoms with E-state index in [4.69, 9.17) is 10.3 Å². The molecule has 7 heteroatoms. The molecule has 1 aromatic carbocycles. The Hall–Kier alpha value is -2.41. The van der Waals surface area contributed by atoms with Crippen LogP contribution >= 0.6 is 0 Å². The highest BCUT2D eigenvalue weighted by molar-refractivity contribution is 5.74. The van der Waals surface area contributed by atoms with E-state index in [0.717, 1.165) is 26.2 Å². The molecule has 3 N–H and O–H groups in total. The van der Waals surface area contributed by atoms with Crippen molar-refractivity contribution < 1.29 is 13.7 Å². The number of piperazine rings is 1. The molecule has 0 radical (unpaired) electrons. The van der Waals surface area contributed by atoms with E-state index < -0.39 is 5.91 Å². The predicted molar refractivity (Wildman–Crippen MR) is 84.5 cm³/mol. The van der Waals surface area contributed by atoms with Crippen molar-refractivity contribution in [2.75, 3.05) is 31.1 Å². The number of amides is 1. The first-order chi connectivity index (χ1) is 11.1. The summed E-state index contributed by atoms with van der Waals surface area (Å²) in [6.45, 7) is 3.29. The lowest BCUT2D eigenvalue weighted by atomic mass is 10.1. The summed E-state index contributed by atoms with van der Waals surface area (Å²) < 4.78 is 19.6. The van der Waals surface area contributed by atoms with Crippen molar-refractivity contribution in [2.24, 2.45) is 5.73 Å². The molecular weight excluding hydrogens is 299 g/mol. The van der Waals surface area contributed by atoms with E-state index in [0.29, 0.717) is 29.1 Å². The van der Waals surface area contributed by atoms with Gasteiger partial charge in [-0.25, -0.2) is 4.39 Å². The maximum Gasteiger partial charge on any atom is 0.217 e. The maximum absolute atomic E-state index is 14.4. The van der Waals surface area contributed by atoms with Crippen molar-refractivity contribution in [3.05, 3.63) is 35.8 Å². The van der Waals surface area contributed by atoms with Crippen molar-refractivity contribution in [3.8, 4) is 11.3 Å². The molecule has 3 rings (SSSR count). The first kappa shape index (κ1) is 15.5. The normalized spacial score (nSPS) is 14.9. The van der Waals surface area contributed by atoms with Crippen molar-refractivity contribution in [1.82, 2.24) is 10.5 Å². The Bertz CT molecular complexity index is 695. The molecule has 2 heterocycles. The van der Waals surface area contributed by atoms with E-state index in [-0.39, 0.29) is 12.2 Å². The number of aryl methyl sites for hydroxylation is 1. The second-order valence-corrected chi connectivity index (χ2v) is 5.55. The van der Waals surface area contributed by atoms with Crippen LogP contribution in [0.5, 0.6) is 0 Å². The Morgan fingerprint density at radius 1 is 1.35 bits per heavy atom. The van der Waals surface area contributed by atoms with Crippen LogP contribution in [0.2, 0.25) is 0 Å². The minimum absolute atomic E-state index is 0.199. The van der Waals surface area contributed by atoms with Crippen LogP contribution < -0.4 is 16.0 Å². The monoisotopic (exact) mass is 318 g/mol. The number of hydrogen-bond donors (Lipinski definition) is 2. The first-order valence-electron chi connectivity index (χ1n) is 7.63. The van der Waals surface area contributed by atoms with Gasteiger partial charge in [-0.15, -0.1) is 0 Å². The smallest absolute Gasteiger partial charge is 0.217 e. The lowest BCUT2D eigenvalue weighted by Gasteiger charge is -2.29. The number of carbonyl (C=O) groups excluding carboxylic acids is 1. The molecule has 1 aliphatic rings. The number of anilines is 1. The zero-order valence-corrected chi connectivity index (χ0v) is 12.7. The highest BCUT2D eigenvalue weighted by atomic mass is 19.1. The number of aromatic nitrogens is 1. The molecule has 1 aliphatic heterocycles. The number of primary amides is 1. The van der Waals surface area contributed by atoms with E-state index in [1.807, 2.05) is 11.0 Å². The van der Waals surface area contributed by atoms with Gasteiger partial charge in [0.2, 0.25) is 5.91 Å². The molecule has 0 aliphatic carbocycles. The summed E-state index contributed by atoms with van der Waals surface area (Å²) >= 11 is 0. The number of nitrogens with one attached hydrogen (secondary N) is 1. The van der Waals surface area contributed by atoms with Crippen molar-refractivity contribution >= 4 is 11.6 Å². The third-order valence-corrected chi connectivity index (χ3v) is 3.88. The Morgan fingerprint density at radius 2 is 2.13 bits per heavy atom. The fraction of sp³-hybridized carbons (Fsp3) is 0.375. The van der Waals surface area contributed by atoms with E-state index >= 15 is 0 Å². The van der Waals surface area contributed by atoms with Gasteiger partial charge in [-0.3, -0.25) is 4.79 Å². The van der Waals surface area contributed by atoms with Crippen LogP contribution in [0.15, 0.2) is 28.8 Å². The predicted octanol–water partition coefficient (Wildman–Crippen LogP) is 1.31. The molecule has 0 saturated carbocycles. The van der Waals surface area contributed by atoms with Crippen LogP contribution in [0.3, 0.4) is 0 Å². The largest absolute Gasteiger partial charge is 0.370 e. The molecular formula is C16H19FN4O2. The van der Waals surface area contributed by atoms with Crippen LogP contribution in [0.4, 0.5) is 10.1 Å². The minimum atomic E-state index is -0.394. The number of carbonyl (C=O) groups is 1. The van der Waals surface area contributed by atoms with Crippen LogP contribution in [0.25, 0.3) is 11.3 Å². The van der Waals surface area contributed by atoms with E-state index in [1.165, 1.54) is 6.07 Å². The van der Waals surface area contributed by atoms with Crippen LogP contribution in [0.1, 0.15) is 12.2 Å². The van der Waals surface area contributed by atoms with Gasteiger partial charge in [-0.2, -0.15) is 0 Å². The minimum Gasteiger partial charge on any atom is -0.370 e. The number of nitrogens with two attached hydrogens (primary N) is 1. The highest BCUT2D eigenvalue weighted by Gasteiger charge is 2.16. The number of benzene rings is 1. The summed E-state index contributed by atoms with van der Waals surface area (Å²) in [5.74, 6) is -0.106. The van der Waals surface area contributed by atoms with Gasteiger partial charge in [0.05, 0.1) is 5.69 Å². The van der Waals surface area contributed by atoms with Crippen molar-refractivity contribution in [1.29, 1.82) is 0 Å².